The first-order valence-electron chi connectivity index (χ1n) is 11.2. The lowest BCUT2D eigenvalue weighted by Gasteiger charge is -2.31. The van der Waals surface area contributed by atoms with Crippen molar-refractivity contribution in [1.29, 1.82) is 0 Å². The van der Waals surface area contributed by atoms with Crippen LogP contribution in [0.15, 0.2) is 42.6 Å². The molecule has 0 spiro atoms. The van der Waals surface area contributed by atoms with Crippen molar-refractivity contribution in [2.75, 3.05) is 26.2 Å². The molecule has 1 unspecified atom stereocenters. The fraction of sp³-hybridized carbons (Fsp3) is 0.346. The molecule has 1 atom stereocenters. The summed E-state index contributed by atoms with van der Waals surface area (Å²) >= 11 is 0. The van der Waals surface area contributed by atoms with Gasteiger partial charge in [0.2, 0.25) is 5.91 Å². The molecule has 0 aliphatic carbocycles. The molecule has 2 aliphatic rings. The molecule has 1 aromatic heterocycles. The summed E-state index contributed by atoms with van der Waals surface area (Å²) in [5, 5.41) is 1.09. The summed E-state index contributed by atoms with van der Waals surface area (Å²) in [5.74, 6) is -0.561. The zero-order chi connectivity index (χ0) is 22.2. The molecule has 2 aliphatic heterocycles. The molecule has 166 valence electrons. The fourth-order valence-electron chi connectivity index (χ4n) is 4.97. The average Bonchev–Trinajstić information content (AvgIpc) is 3.25. The number of nitrogens with zero attached hydrogens (tertiary/aromatic N) is 1. The maximum absolute atomic E-state index is 13.9. The number of rotatable bonds is 5. The summed E-state index contributed by atoms with van der Waals surface area (Å²) in [7, 11) is 0. The van der Waals surface area contributed by atoms with Crippen molar-refractivity contribution in [3.63, 3.8) is 0 Å². The van der Waals surface area contributed by atoms with Crippen LogP contribution in [-0.2, 0) is 11.2 Å². The van der Waals surface area contributed by atoms with E-state index in [0.29, 0.717) is 17.7 Å². The van der Waals surface area contributed by atoms with Gasteiger partial charge in [-0.05, 0) is 67.2 Å². The molecular weight excluding hydrogens is 405 g/mol. The van der Waals surface area contributed by atoms with Crippen molar-refractivity contribution in [3.8, 4) is 0 Å². The van der Waals surface area contributed by atoms with Crippen LogP contribution in [0.1, 0.15) is 51.6 Å². The molecule has 0 fully saturated rings. The number of aromatic nitrogens is 1. The van der Waals surface area contributed by atoms with Crippen LogP contribution >= 0.6 is 0 Å². The van der Waals surface area contributed by atoms with Gasteiger partial charge in [0.15, 0.2) is 0 Å². The number of hydrogen-bond acceptors (Lipinski definition) is 3. The standard InChI is InChI=1S/C26H28FN3O2/c1-16-23(27)5-4-21-22(15-29-25(16)21)17-6-10-30(11-7-17)12-8-24-20-3-2-19(26(28)31)14-18(20)9-13-32-24/h2-6,14-15,24,29H,7-13H2,1H3,(H2,28,31). The molecule has 2 aromatic carbocycles. The highest BCUT2D eigenvalue weighted by Gasteiger charge is 2.23. The Kier molecular flexibility index (Phi) is 5.57. The van der Waals surface area contributed by atoms with Gasteiger partial charge in [-0.25, -0.2) is 4.39 Å². The van der Waals surface area contributed by atoms with Gasteiger partial charge in [-0.2, -0.15) is 0 Å². The Morgan fingerprint density at radius 3 is 2.94 bits per heavy atom. The quantitative estimate of drug-likeness (QED) is 0.622. The molecular formula is C26H28FN3O2. The molecule has 3 N–H and O–H groups in total. The lowest BCUT2D eigenvalue weighted by atomic mass is 9.93. The predicted molar refractivity (Wildman–Crippen MR) is 124 cm³/mol. The number of H-pyrrole nitrogens is 1. The van der Waals surface area contributed by atoms with E-state index >= 15 is 0 Å². The number of aryl methyl sites for hydroxylation is 1. The molecule has 0 radical (unpaired) electrons. The lowest BCUT2D eigenvalue weighted by molar-refractivity contribution is 0.0299. The van der Waals surface area contributed by atoms with Gasteiger partial charge in [0.05, 0.1) is 18.2 Å². The number of nitrogens with one attached hydrogen (secondary N) is 1. The smallest absolute Gasteiger partial charge is 0.248 e. The summed E-state index contributed by atoms with van der Waals surface area (Å²) in [5.41, 5.74) is 12.4. The SMILES string of the molecule is Cc1c(F)ccc2c(C3=CCN(CCC4OCCc5cc(C(N)=O)ccc54)CC3)c[nH]c12. The van der Waals surface area contributed by atoms with Crippen LogP contribution in [0.4, 0.5) is 4.39 Å². The van der Waals surface area contributed by atoms with E-state index in [1.165, 1.54) is 22.3 Å². The van der Waals surface area contributed by atoms with Crippen LogP contribution in [0.3, 0.4) is 0 Å². The molecule has 6 heteroatoms. The van der Waals surface area contributed by atoms with Crippen molar-refractivity contribution in [2.45, 2.75) is 32.3 Å². The number of hydrogen-bond donors (Lipinski definition) is 2. The predicted octanol–water partition coefficient (Wildman–Crippen LogP) is 4.51. The number of halogens is 1. The third-order valence-corrected chi connectivity index (χ3v) is 6.86. The minimum atomic E-state index is -0.387. The second-order valence-corrected chi connectivity index (χ2v) is 8.75. The highest BCUT2D eigenvalue weighted by Crippen LogP contribution is 2.33. The van der Waals surface area contributed by atoms with E-state index < -0.39 is 0 Å². The minimum absolute atomic E-state index is 0.0533. The van der Waals surface area contributed by atoms with Gasteiger partial charge in [0, 0.05) is 47.9 Å². The minimum Gasteiger partial charge on any atom is -0.373 e. The van der Waals surface area contributed by atoms with Crippen molar-refractivity contribution in [3.05, 3.63) is 76.2 Å². The number of primary amides is 1. The number of nitrogens with two attached hydrogens (primary N) is 1. The first kappa shape index (κ1) is 20.9. The van der Waals surface area contributed by atoms with Gasteiger partial charge < -0.3 is 15.5 Å². The highest BCUT2D eigenvalue weighted by atomic mass is 19.1. The number of carbonyl (C=O) groups is 1. The third kappa shape index (κ3) is 3.85. The van der Waals surface area contributed by atoms with Crippen molar-refractivity contribution in [1.82, 2.24) is 9.88 Å². The van der Waals surface area contributed by atoms with Gasteiger partial charge in [-0.3, -0.25) is 9.69 Å². The Morgan fingerprint density at radius 2 is 2.16 bits per heavy atom. The van der Waals surface area contributed by atoms with E-state index in [-0.39, 0.29) is 17.8 Å². The molecule has 3 heterocycles. The van der Waals surface area contributed by atoms with E-state index in [1.807, 2.05) is 31.3 Å². The maximum atomic E-state index is 13.9. The summed E-state index contributed by atoms with van der Waals surface area (Å²) in [4.78, 5) is 17.2. The van der Waals surface area contributed by atoms with Crippen LogP contribution in [-0.4, -0.2) is 42.0 Å². The zero-order valence-corrected chi connectivity index (χ0v) is 18.3. The van der Waals surface area contributed by atoms with E-state index in [1.54, 1.807) is 12.1 Å². The number of aromatic amines is 1. The normalized spacial score (nSPS) is 19.1. The number of amides is 1. The largest absolute Gasteiger partial charge is 0.373 e. The van der Waals surface area contributed by atoms with Gasteiger partial charge in [-0.1, -0.05) is 12.1 Å². The third-order valence-electron chi connectivity index (χ3n) is 6.86. The summed E-state index contributed by atoms with van der Waals surface area (Å²) in [6.45, 7) is 5.31. The van der Waals surface area contributed by atoms with E-state index in [9.17, 15) is 9.18 Å². The molecule has 0 saturated carbocycles. The number of fused-ring (bicyclic) bond motifs is 2. The number of benzene rings is 2. The maximum Gasteiger partial charge on any atom is 0.248 e. The second-order valence-electron chi connectivity index (χ2n) is 8.75. The Balaban J connectivity index is 1.25. The highest BCUT2D eigenvalue weighted by molar-refractivity contribution is 5.94. The Labute approximate surface area is 187 Å². The van der Waals surface area contributed by atoms with Crippen LogP contribution in [0.25, 0.3) is 16.5 Å². The van der Waals surface area contributed by atoms with Crippen LogP contribution in [0.2, 0.25) is 0 Å². The lowest BCUT2D eigenvalue weighted by Crippen LogP contribution is -2.31. The van der Waals surface area contributed by atoms with E-state index in [2.05, 4.69) is 16.0 Å². The van der Waals surface area contributed by atoms with E-state index in [0.717, 1.165) is 49.8 Å². The van der Waals surface area contributed by atoms with Gasteiger partial charge >= 0.3 is 0 Å². The number of ether oxygens (including phenoxy) is 1. The summed E-state index contributed by atoms with van der Waals surface area (Å²) in [6, 6.07) is 9.14. The molecule has 3 aromatic rings. The van der Waals surface area contributed by atoms with Crippen LogP contribution in [0.5, 0.6) is 0 Å². The van der Waals surface area contributed by atoms with Crippen LogP contribution in [0, 0.1) is 12.7 Å². The summed E-state index contributed by atoms with van der Waals surface area (Å²) < 4.78 is 19.9. The van der Waals surface area contributed by atoms with Crippen molar-refractivity contribution in [2.24, 2.45) is 5.73 Å². The Bertz CT molecular complexity index is 1210. The molecule has 5 rings (SSSR count). The van der Waals surface area contributed by atoms with Gasteiger partial charge in [-0.15, -0.1) is 0 Å². The molecule has 1 amide bonds. The van der Waals surface area contributed by atoms with Gasteiger partial charge in [0.25, 0.3) is 0 Å². The molecule has 0 saturated heterocycles. The summed E-state index contributed by atoms with van der Waals surface area (Å²) in [6.07, 6.45) is 7.05. The zero-order valence-electron chi connectivity index (χ0n) is 18.3. The average molecular weight is 434 g/mol. The monoisotopic (exact) mass is 433 g/mol. The first-order valence-corrected chi connectivity index (χ1v) is 11.2. The Hall–Kier alpha value is -2.96. The molecule has 0 bridgehead atoms. The van der Waals surface area contributed by atoms with Gasteiger partial charge in [0.1, 0.15) is 5.82 Å². The molecule has 5 nitrogen and oxygen atoms in total. The second kappa shape index (κ2) is 8.52. The fourth-order valence-corrected chi connectivity index (χ4v) is 4.97. The topological polar surface area (TPSA) is 71.3 Å². The van der Waals surface area contributed by atoms with E-state index in [4.69, 9.17) is 10.5 Å². The first-order chi connectivity index (χ1) is 15.5. The number of carbonyl (C=O) groups excluding carboxylic acids is 1. The van der Waals surface area contributed by atoms with Crippen molar-refractivity contribution < 1.29 is 13.9 Å². The van der Waals surface area contributed by atoms with Crippen LogP contribution < -0.4 is 5.73 Å². The Morgan fingerprint density at radius 1 is 1.28 bits per heavy atom. The van der Waals surface area contributed by atoms with Crippen molar-refractivity contribution >= 4 is 22.4 Å². The molecule has 32 heavy (non-hydrogen) atoms.